The summed E-state index contributed by atoms with van der Waals surface area (Å²) < 4.78 is 100. The second kappa shape index (κ2) is 14.5. The van der Waals surface area contributed by atoms with Crippen molar-refractivity contribution in [2.75, 3.05) is 0 Å². The maximum atomic E-state index is 11.7. The molecule has 0 aromatic rings. The summed E-state index contributed by atoms with van der Waals surface area (Å²) in [7, 11) is -10.3. The van der Waals surface area contributed by atoms with E-state index in [1.807, 2.05) is 0 Å². The second-order valence-electron chi connectivity index (χ2n) is 16.1. The molecule has 4 aliphatic carbocycles. The summed E-state index contributed by atoms with van der Waals surface area (Å²) in [5.74, 6) is 0.338. The Morgan fingerprint density at radius 3 is 2.15 bits per heavy atom. The predicted octanol–water partition coefficient (Wildman–Crippen LogP) is -0.417. The number of hydrogen-bond donors (Lipinski definition) is 0. The molecule has 4 saturated carbocycles. The van der Waals surface area contributed by atoms with Crippen LogP contribution in [-0.4, -0.2) is 61.9 Å². The molecule has 2 saturated heterocycles. The molecule has 6 rings (SSSR count). The number of allylic oxidation sites excluding steroid dienone is 1. The smallest absolute Gasteiger partial charge is 0.726 e. The van der Waals surface area contributed by atoms with Gasteiger partial charge >= 0.3 is 59.1 Å². The molecule has 15 heteroatoms. The normalized spacial score (nSPS) is 46.9. The van der Waals surface area contributed by atoms with Crippen LogP contribution in [0.4, 0.5) is 0 Å². The van der Waals surface area contributed by atoms with Gasteiger partial charge in [-0.2, -0.15) is 0 Å². The molecular weight excluding hydrogens is 682 g/mol. The maximum absolute atomic E-state index is 11.7. The molecule has 6 fully saturated rings. The van der Waals surface area contributed by atoms with Crippen LogP contribution in [0.25, 0.3) is 0 Å². The fraction of sp³-hybridized carbons (Fsp3) is 0.939. The van der Waals surface area contributed by atoms with Crippen molar-refractivity contribution >= 4 is 20.8 Å². The molecule has 48 heavy (non-hydrogen) atoms. The van der Waals surface area contributed by atoms with Crippen molar-refractivity contribution in [1.29, 1.82) is 0 Å². The molecule has 13 atom stereocenters. The van der Waals surface area contributed by atoms with Crippen LogP contribution in [0.1, 0.15) is 113 Å². The minimum Gasteiger partial charge on any atom is -0.726 e. The zero-order chi connectivity index (χ0) is 33.7. The van der Waals surface area contributed by atoms with Crippen molar-refractivity contribution in [3.8, 4) is 0 Å². The largest absolute Gasteiger partial charge is 1.00 e. The first-order valence-corrected chi connectivity index (χ1v) is 19.9. The molecule has 0 radical (unpaired) electrons. The maximum Gasteiger partial charge on any atom is 1.00 e. The van der Waals surface area contributed by atoms with Gasteiger partial charge in [0.15, 0.2) is 0 Å². The molecule has 6 aliphatic rings. The zero-order valence-electron chi connectivity index (χ0n) is 30.2. The van der Waals surface area contributed by atoms with Crippen molar-refractivity contribution in [2.45, 2.75) is 149 Å². The van der Waals surface area contributed by atoms with Gasteiger partial charge in [0.2, 0.25) is 20.8 Å². The van der Waals surface area contributed by atoms with Crippen LogP contribution in [-0.2, 0) is 43.4 Å². The standard InChI is InChI=1S/C33H54O11S2.2Na/c1-8-13-33-40-26-17-24-22-11-10-21-16-25(42-45(34,35)36)27(43-46(37,38)39)18-31(21,6)23(22)12-14-30(24,5)29(26)32(7,44-33)28(41-33)15-20(9-2)19(3)4;;/h9,19,21-29H,8,10-18H2,1-7H3,(H,34,35,36)(H,37,38,39);;/q;2*+1/p-2/b20-9-;;/t21-,22+,23-,24-,25-,26-,27-,28-,29-,30-,31-,32-,33?;;/m0../s1. The SMILES string of the molecule is C/C=C(/C[C@@H]1OC2(CCC)O[C@H]3C[C@H]4[C@@H]5CC[C@H]6C[C@H](OS(=O)(=O)[O-])[C@@H](OS(=O)(=O)[O-])C[C@]6(C)[C@H]5CC[C@]4(C)[C@H]3[C@@]1(C)O2)C(C)C.[Na+].[Na+]. The Kier molecular flexibility index (Phi) is 12.8. The monoisotopic (exact) mass is 734 g/mol. The van der Waals surface area contributed by atoms with E-state index in [4.69, 9.17) is 22.6 Å². The summed E-state index contributed by atoms with van der Waals surface area (Å²) in [6, 6.07) is 0. The number of ether oxygens (including phenoxy) is 3. The van der Waals surface area contributed by atoms with Crippen LogP contribution in [0.2, 0.25) is 0 Å². The second-order valence-corrected chi connectivity index (χ2v) is 18.2. The van der Waals surface area contributed by atoms with Gasteiger partial charge < -0.3 is 23.3 Å². The molecule has 11 nitrogen and oxygen atoms in total. The third-order valence-corrected chi connectivity index (χ3v) is 14.5. The van der Waals surface area contributed by atoms with E-state index in [9.17, 15) is 25.9 Å². The quantitative estimate of drug-likeness (QED) is 0.131. The van der Waals surface area contributed by atoms with Gasteiger partial charge in [0.05, 0.1) is 12.2 Å². The summed E-state index contributed by atoms with van der Waals surface area (Å²) in [6.45, 7) is 15.4. The summed E-state index contributed by atoms with van der Waals surface area (Å²) >= 11 is 0. The van der Waals surface area contributed by atoms with E-state index in [-0.39, 0.29) is 107 Å². The first-order valence-electron chi connectivity index (χ1n) is 17.3. The number of fused-ring (bicyclic) bond motifs is 10. The van der Waals surface area contributed by atoms with Gasteiger partial charge in [-0.25, -0.2) is 16.8 Å². The zero-order valence-corrected chi connectivity index (χ0v) is 35.9. The Bertz CT molecular complexity index is 1440. The summed E-state index contributed by atoms with van der Waals surface area (Å²) in [5.41, 5.74) is 0.321. The first kappa shape index (κ1) is 42.1. The van der Waals surface area contributed by atoms with Crippen LogP contribution >= 0.6 is 0 Å². The topological polar surface area (TPSA) is 161 Å². The van der Waals surface area contributed by atoms with Crippen LogP contribution in [0, 0.1) is 46.3 Å². The van der Waals surface area contributed by atoms with E-state index in [1.54, 1.807) is 0 Å². The van der Waals surface area contributed by atoms with Crippen molar-refractivity contribution < 1.29 is 108 Å². The van der Waals surface area contributed by atoms with Crippen molar-refractivity contribution in [1.82, 2.24) is 0 Å². The summed E-state index contributed by atoms with van der Waals surface area (Å²) in [4.78, 5) is 0. The molecule has 0 aromatic heterocycles. The van der Waals surface area contributed by atoms with Crippen molar-refractivity contribution in [3.05, 3.63) is 11.6 Å². The number of rotatable bonds is 9. The molecule has 0 N–H and O–H groups in total. The Morgan fingerprint density at radius 1 is 0.917 bits per heavy atom. The van der Waals surface area contributed by atoms with Gasteiger partial charge in [-0.3, -0.25) is 8.37 Å². The predicted molar refractivity (Wildman–Crippen MR) is 165 cm³/mol. The van der Waals surface area contributed by atoms with Crippen LogP contribution in [0.15, 0.2) is 11.6 Å². The van der Waals surface area contributed by atoms with E-state index >= 15 is 0 Å². The molecule has 2 aliphatic heterocycles. The van der Waals surface area contributed by atoms with E-state index in [0.29, 0.717) is 24.2 Å². The van der Waals surface area contributed by atoms with Gasteiger partial charge in [0, 0.05) is 12.3 Å². The van der Waals surface area contributed by atoms with Gasteiger partial charge in [0.25, 0.3) is 5.97 Å². The average molecular weight is 735 g/mol. The first-order chi connectivity index (χ1) is 21.3. The molecule has 0 aromatic carbocycles. The van der Waals surface area contributed by atoms with Crippen molar-refractivity contribution in [2.24, 2.45) is 46.3 Å². The van der Waals surface area contributed by atoms with Crippen LogP contribution in [0.3, 0.4) is 0 Å². The molecular formula is C33H52Na2O11S2. The fourth-order valence-corrected chi connectivity index (χ4v) is 12.8. The number of hydrogen-bond acceptors (Lipinski definition) is 11. The van der Waals surface area contributed by atoms with E-state index in [0.717, 1.165) is 44.9 Å². The Morgan fingerprint density at radius 2 is 1.56 bits per heavy atom. The molecule has 2 heterocycles. The van der Waals surface area contributed by atoms with E-state index in [1.165, 1.54) is 5.57 Å². The molecule has 2 bridgehead atoms. The minimum absolute atomic E-state index is 0. The Balaban J connectivity index is 0.00000260. The molecule has 0 amide bonds. The summed E-state index contributed by atoms with van der Waals surface area (Å²) in [5, 5.41) is 0. The van der Waals surface area contributed by atoms with Crippen molar-refractivity contribution in [3.63, 3.8) is 0 Å². The van der Waals surface area contributed by atoms with E-state index < -0.39 is 50.0 Å². The van der Waals surface area contributed by atoms with Gasteiger partial charge in [-0.15, -0.1) is 0 Å². The van der Waals surface area contributed by atoms with Crippen LogP contribution in [0.5, 0.6) is 0 Å². The van der Waals surface area contributed by atoms with E-state index in [2.05, 4.69) is 54.5 Å². The van der Waals surface area contributed by atoms with Gasteiger partial charge in [0.1, 0.15) is 17.8 Å². The Hall–Kier alpha value is 1.36. The molecule has 264 valence electrons. The third kappa shape index (κ3) is 7.39. The fourth-order valence-electron chi connectivity index (χ4n) is 11.8. The Labute approximate surface area is 332 Å². The molecule has 1 unspecified atom stereocenters. The van der Waals surface area contributed by atoms with Gasteiger partial charge in [-0.05, 0) is 112 Å². The third-order valence-electron chi connectivity index (χ3n) is 13.5. The van der Waals surface area contributed by atoms with Crippen LogP contribution < -0.4 is 59.1 Å². The average Bonchev–Trinajstić information content (AvgIpc) is 3.33. The molecule has 0 spiro atoms. The summed E-state index contributed by atoms with van der Waals surface area (Å²) in [6.07, 6.45) is 6.42. The minimum atomic E-state index is -5.16. The van der Waals surface area contributed by atoms with Gasteiger partial charge in [-0.1, -0.05) is 46.3 Å².